The number of hydrogen-bond donors (Lipinski definition) is 0. The van der Waals surface area contributed by atoms with E-state index in [0.29, 0.717) is 34.5 Å². The summed E-state index contributed by atoms with van der Waals surface area (Å²) in [6.07, 6.45) is 5.14. The highest BCUT2D eigenvalue weighted by molar-refractivity contribution is 7.91. The minimum absolute atomic E-state index is 0.210. The molecule has 12 heteroatoms. The molecule has 0 aliphatic carbocycles. The van der Waals surface area contributed by atoms with Crippen LogP contribution in [0.25, 0.3) is 17.2 Å². The van der Waals surface area contributed by atoms with Crippen molar-refractivity contribution in [1.29, 1.82) is 0 Å². The third-order valence-corrected chi connectivity index (χ3v) is 8.31. The highest BCUT2D eigenvalue weighted by Crippen LogP contribution is 2.36. The van der Waals surface area contributed by atoms with Crippen molar-refractivity contribution in [3.8, 4) is 28.7 Å². The molecule has 0 bridgehead atoms. The zero-order valence-electron chi connectivity index (χ0n) is 21.1. The predicted octanol–water partition coefficient (Wildman–Crippen LogP) is 2.89. The van der Waals surface area contributed by atoms with Gasteiger partial charge in [-0.1, -0.05) is 13.0 Å². The maximum atomic E-state index is 13.6. The highest BCUT2D eigenvalue weighted by Gasteiger charge is 2.33. The first kappa shape index (κ1) is 25.3. The Morgan fingerprint density at radius 1 is 1.00 bits per heavy atom. The maximum Gasteiger partial charge on any atom is 0.189 e. The first-order chi connectivity index (χ1) is 17.2. The van der Waals surface area contributed by atoms with Crippen molar-refractivity contribution in [3.05, 3.63) is 60.1 Å². The standard InChI is InChI=1S/C24H29N7O4S/c1-15-12-25-23(26-13-15)16(2)17(3)36(32,33)14-21-27-28-24(18-10-11-30(4)29-18)31(21)22-19(34-5)8-7-9-20(22)35-6/h7-13,16-17H,14H2,1-6H3/t16-,17-/m0/s1. The van der Waals surface area contributed by atoms with Gasteiger partial charge in [-0.15, -0.1) is 10.2 Å². The van der Waals surface area contributed by atoms with Crippen LogP contribution in [-0.4, -0.2) is 62.4 Å². The summed E-state index contributed by atoms with van der Waals surface area (Å²) in [5, 5.41) is 12.3. The van der Waals surface area contributed by atoms with E-state index in [-0.39, 0.29) is 11.6 Å². The van der Waals surface area contributed by atoms with Gasteiger partial charge in [0.25, 0.3) is 0 Å². The molecule has 190 valence electrons. The van der Waals surface area contributed by atoms with Crippen molar-refractivity contribution in [3.63, 3.8) is 0 Å². The summed E-state index contributed by atoms with van der Waals surface area (Å²) in [4.78, 5) is 8.65. The normalized spacial score (nSPS) is 13.4. The molecule has 1 aromatic carbocycles. The molecule has 0 radical (unpaired) electrons. The summed E-state index contributed by atoms with van der Waals surface area (Å²) < 4.78 is 41.7. The van der Waals surface area contributed by atoms with Gasteiger partial charge in [-0.2, -0.15) is 5.10 Å². The fraction of sp³-hybridized carbons (Fsp3) is 0.375. The Kier molecular flexibility index (Phi) is 7.07. The lowest BCUT2D eigenvalue weighted by molar-refractivity contribution is 0.390. The van der Waals surface area contributed by atoms with E-state index in [9.17, 15) is 8.42 Å². The number of methoxy groups -OCH3 is 2. The molecule has 36 heavy (non-hydrogen) atoms. The average molecular weight is 512 g/mol. The van der Waals surface area contributed by atoms with Crippen molar-refractivity contribution in [2.24, 2.45) is 7.05 Å². The van der Waals surface area contributed by atoms with Crippen molar-refractivity contribution in [2.75, 3.05) is 14.2 Å². The largest absolute Gasteiger partial charge is 0.494 e. The van der Waals surface area contributed by atoms with E-state index in [4.69, 9.17) is 9.47 Å². The molecule has 0 saturated heterocycles. The second-order valence-corrected chi connectivity index (χ2v) is 10.9. The van der Waals surface area contributed by atoms with Crippen molar-refractivity contribution < 1.29 is 17.9 Å². The number of ether oxygens (including phenoxy) is 2. The van der Waals surface area contributed by atoms with Crippen LogP contribution in [-0.2, 0) is 22.6 Å². The SMILES string of the molecule is COc1cccc(OC)c1-n1c(CS(=O)(=O)[C@@H](C)[C@H](C)c2ncc(C)cn2)nnc1-c1ccn(C)n1. The topological polar surface area (TPSA) is 127 Å². The lowest BCUT2D eigenvalue weighted by Gasteiger charge is -2.20. The van der Waals surface area contributed by atoms with Crippen LogP contribution in [0.15, 0.2) is 42.9 Å². The molecular formula is C24H29N7O4S. The fourth-order valence-electron chi connectivity index (χ4n) is 3.87. The van der Waals surface area contributed by atoms with E-state index in [1.165, 1.54) is 14.2 Å². The third kappa shape index (κ3) is 4.81. The van der Waals surface area contributed by atoms with E-state index in [2.05, 4.69) is 25.3 Å². The first-order valence-electron chi connectivity index (χ1n) is 11.3. The number of benzene rings is 1. The predicted molar refractivity (Wildman–Crippen MR) is 134 cm³/mol. The van der Waals surface area contributed by atoms with E-state index >= 15 is 0 Å². The molecule has 0 amide bonds. The van der Waals surface area contributed by atoms with Crippen LogP contribution < -0.4 is 9.47 Å². The van der Waals surface area contributed by atoms with Crippen molar-refractivity contribution in [1.82, 2.24) is 34.5 Å². The van der Waals surface area contributed by atoms with Crippen molar-refractivity contribution in [2.45, 2.75) is 37.7 Å². The molecule has 0 spiro atoms. The number of aryl methyl sites for hydroxylation is 2. The Hall–Kier alpha value is -3.80. The molecule has 0 fully saturated rings. The van der Waals surface area contributed by atoms with Gasteiger partial charge in [0.15, 0.2) is 21.5 Å². The Labute approximate surface area is 210 Å². The Morgan fingerprint density at radius 3 is 2.19 bits per heavy atom. The second kappa shape index (κ2) is 10.1. The summed E-state index contributed by atoms with van der Waals surface area (Å²) >= 11 is 0. The van der Waals surface area contributed by atoms with Crippen LogP contribution in [0.1, 0.15) is 37.0 Å². The molecule has 4 rings (SSSR count). The molecule has 0 saturated carbocycles. The number of para-hydroxylation sites is 1. The van der Waals surface area contributed by atoms with Gasteiger partial charge in [0.1, 0.15) is 34.5 Å². The summed E-state index contributed by atoms with van der Waals surface area (Å²) in [7, 11) is 1.14. The lowest BCUT2D eigenvalue weighted by atomic mass is 10.1. The molecule has 11 nitrogen and oxygen atoms in total. The minimum Gasteiger partial charge on any atom is -0.494 e. The van der Waals surface area contributed by atoms with Crippen LogP contribution >= 0.6 is 0 Å². The summed E-state index contributed by atoms with van der Waals surface area (Å²) in [6, 6.07) is 7.09. The minimum atomic E-state index is -3.71. The summed E-state index contributed by atoms with van der Waals surface area (Å²) in [5.41, 5.74) is 1.92. The molecule has 0 aliphatic rings. The molecule has 4 aromatic rings. The van der Waals surface area contributed by atoms with Crippen LogP contribution in [0, 0.1) is 6.92 Å². The van der Waals surface area contributed by atoms with Crippen molar-refractivity contribution >= 4 is 9.84 Å². The van der Waals surface area contributed by atoms with Gasteiger partial charge in [-0.05, 0) is 37.6 Å². The molecule has 2 atom stereocenters. The zero-order valence-corrected chi connectivity index (χ0v) is 21.9. The lowest BCUT2D eigenvalue weighted by Crippen LogP contribution is -2.27. The van der Waals surface area contributed by atoms with Gasteiger partial charge in [-0.3, -0.25) is 9.25 Å². The van der Waals surface area contributed by atoms with E-state index in [1.807, 2.05) is 6.92 Å². The highest BCUT2D eigenvalue weighted by atomic mass is 32.2. The Balaban J connectivity index is 1.81. The zero-order chi connectivity index (χ0) is 26.0. The van der Waals surface area contributed by atoms with Gasteiger partial charge in [0.2, 0.25) is 0 Å². The molecule has 0 aliphatic heterocycles. The Morgan fingerprint density at radius 2 is 1.64 bits per heavy atom. The van der Waals surface area contributed by atoms with Gasteiger partial charge in [0, 0.05) is 31.6 Å². The molecule has 0 unspecified atom stereocenters. The fourth-order valence-corrected chi connectivity index (χ4v) is 5.42. The number of aromatic nitrogens is 7. The average Bonchev–Trinajstić information content (AvgIpc) is 3.48. The molecule has 0 N–H and O–H groups in total. The third-order valence-electron chi connectivity index (χ3n) is 6.11. The van der Waals surface area contributed by atoms with Gasteiger partial charge in [-0.25, -0.2) is 18.4 Å². The maximum absolute atomic E-state index is 13.6. The molecule has 3 aromatic heterocycles. The van der Waals surface area contributed by atoms with E-state index < -0.39 is 21.0 Å². The smallest absolute Gasteiger partial charge is 0.189 e. The molecular weight excluding hydrogens is 482 g/mol. The van der Waals surface area contributed by atoms with Crippen LogP contribution in [0.5, 0.6) is 11.5 Å². The van der Waals surface area contributed by atoms with Gasteiger partial charge in [0.05, 0.1) is 19.5 Å². The molecule has 3 heterocycles. The van der Waals surface area contributed by atoms with Crippen LogP contribution in [0.3, 0.4) is 0 Å². The number of rotatable bonds is 9. The first-order valence-corrected chi connectivity index (χ1v) is 13.0. The summed E-state index contributed by atoms with van der Waals surface area (Å²) in [5.74, 6) is 1.19. The van der Waals surface area contributed by atoms with Gasteiger partial charge >= 0.3 is 0 Å². The monoisotopic (exact) mass is 511 g/mol. The van der Waals surface area contributed by atoms with Crippen LogP contribution in [0.2, 0.25) is 0 Å². The van der Waals surface area contributed by atoms with Gasteiger partial charge < -0.3 is 9.47 Å². The van der Waals surface area contributed by atoms with E-state index in [1.54, 1.807) is 73.0 Å². The number of hydrogen-bond acceptors (Lipinski definition) is 9. The Bertz CT molecular complexity index is 1440. The van der Waals surface area contributed by atoms with E-state index in [0.717, 1.165) is 5.56 Å². The van der Waals surface area contributed by atoms with Crippen LogP contribution in [0.4, 0.5) is 0 Å². The second-order valence-electron chi connectivity index (χ2n) is 8.58. The number of nitrogens with zero attached hydrogens (tertiary/aromatic N) is 7. The number of sulfone groups is 1. The summed E-state index contributed by atoms with van der Waals surface area (Å²) in [6.45, 7) is 5.35. The quantitative estimate of drug-likeness (QED) is 0.333.